The second kappa shape index (κ2) is 8.51. The Bertz CT molecular complexity index is 1600. The molecule has 8 nitrogen and oxygen atoms in total. The minimum Gasteiger partial charge on any atom is -0.507 e. The fraction of sp³-hybridized carbons (Fsp3) is 0. The zero-order valence-corrected chi connectivity index (χ0v) is 17.5. The molecule has 0 saturated heterocycles. The number of aromatic hydroxyl groups is 2. The second-order valence-electron chi connectivity index (χ2n) is 7.35. The third-order valence-corrected chi connectivity index (χ3v) is 5.16. The molecule has 2 N–H and O–H groups in total. The van der Waals surface area contributed by atoms with Crippen molar-refractivity contribution in [3.63, 3.8) is 0 Å². The number of benzene rings is 3. The maximum atomic E-state index is 11.7. The van der Waals surface area contributed by atoms with Gasteiger partial charge >= 0.3 is 11.3 Å². The van der Waals surface area contributed by atoms with Gasteiger partial charge in [0.15, 0.2) is 11.2 Å². The molecule has 0 saturated carbocycles. The van der Waals surface area contributed by atoms with E-state index in [-0.39, 0.29) is 33.8 Å². The Balaban J connectivity index is 1.57. The highest BCUT2D eigenvalue weighted by molar-refractivity contribution is 6.02. The summed E-state index contributed by atoms with van der Waals surface area (Å²) in [7, 11) is 0. The lowest BCUT2D eigenvalue weighted by Gasteiger charge is -2.05. The molecule has 2 heterocycles. The fourth-order valence-electron chi connectivity index (χ4n) is 3.49. The Morgan fingerprint density at radius 2 is 1.00 bits per heavy atom. The van der Waals surface area contributed by atoms with Gasteiger partial charge in [-0.3, -0.25) is 9.98 Å². The van der Waals surface area contributed by atoms with E-state index in [1.807, 2.05) is 0 Å². The highest BCUT2D eigenvalue weighted by Crippen LogP contribution is 2.31. The maximum absolute atomic E-state index is 11.7. The molecule has 0 unspecified atom stereocenters. The fourth-order valence-corrected chi connectivity index (χ4v) is 3.49. The van der Waals surface area contributed by atoms with Crippen LogP contribution in [0.25, 0.3) is 21.9 Å². The number of nitrogens with zero attached hydrogens (tertiary/aromatic N) is 2. The molecule has 0 bridgehead atoms. The van der Waals surface area contributed by atoms with E-state index in [0.717, 1.165) is 0 Å². The van der Waals surface area contributed by atoms with E-state index in [9.17, 15) is 19.8 Å². The van der Waals surface area contributed by atoms with Gasteiger partial charge in [-0.2, -0.15) is 0 Å². The van der Waals surface area contributed by atoms with E-state index in [4.69, 9.17) is 8.83 Å². The van der Waals surface area contributed by atoms with Crippen molar-refractivity contribution in [3.8, 4) is 11.5 Å². The Labute approximate surface area is 191 Å². The molecular formula is C26H16N2O6. The lowest BCUT2D eigenvalue weighted by atomic mass is 10.1. The van der Waals surface area contributed by atoms with Crippen LogP contribution in [0.5, 0.6) is 11.5 Å². The molecule has 34 heavy (non-hydrogen) atoms. The molecule has 3 aromatic carbocycles. The summed E-state index contributed by atoms with van der Waals surface area (Å²) in [5.41, 5.74) is 0.758. The van der Waals surface area contributed by atoms with Gasteiger partial charge in [0.05, 0.1) is 22.5 Å². The lowest BCUT2D eigenvalue weighted by Crippen LogP contribution is -1.97. The monoisotopic (exact) mass is 452 g/mol. The molecule has 0 aliphatic carbocycles. The summed E-state index contributed by atoms with van der Waals surface area (Å²) in [6.07, 6.45) is 2.78. The molecule has 0 fully saturated rings. The highest BCUT2D eigenvalue weighted by atomic mass is 16.4. The van der Waals surface area contributed by atoms with Gasteiger partial charge in [-0.05, 0) is 48.5 Å². The Morgan fingerprint density at radius 1 is 0.588 bits per heavy atom. The van der Waals surface area contributed by atoms with Crippen molar-refractivity contribution >= 4 is 45.7 Å². The smallest absolute Gasteiger partial charge is 0.336 e. The van der Waals surface area contributed by atoms with Crippen LogP contribution in [0.2, 0.25) is 0 Å². The third kappa shape index (κ3) is 3.95. The van der Waals surface area contributed by atoms with Crippen LogP contribution in [-0.2, 0) is 0 Å². The van der Waals surface area contributed by atoms with E-state index < -0.39 is 11.3 Å². The van der Waals surface area contributed by atoms with Crippen molar-refractivity contribution in [3.05, 3.63) is 105 Å². The molecule has 0 amide bonds. The van der Waals surface area contributed by atoms with Crippen molar-refractivity contribution in [2.24, 2.45) is 9.98 Å². The van der Waals surface area contributed by atoms with Gasteiger partial charge in [0, 0.05) is 35.3 Å². The molecule has 0 aliphatic heterocycles. The molecule has 0 spiro atoms. The van der Waals surface area contributed by atoms with E-state index in [1.165, 1.54) is 36.7 Å². The molecule has 2 aromatic heterocycles. The first-order chi connectivity index (χ1) is 16.5. The van der Waals surface area contributed by atoms with Crippen LogP contribution in [0.15, 0.2) is 101 Å². The molecule has 0 atom stereocenters. The predicted octanol–water partition coefficient (Wildman–Crippen LogP) is 4.81. The van der Waals surface area contributed by atoms with Crippen molar-refractivity contribution in [2.45, 2.75) is 0 Å². The summed E-state index contributed by atoms with van der Waals surface area (Å²) >= 11 is 0. The molecule has 5 aromatic rings. The molecule has 8 heteroatoms. The van der Waals surface area contributed by atoms with E-state index in [1.54, 1.807) is 48.5 Å². The number of aliphatic imine (C=N–C) groups is 2. The molecule has 5 rings (SSSR count). The summed E-state index contributed by atoms with van der Waals surface area (Å²) in [4.78, 5) is 32.2. The number of phenols is 2. The summed E-state index contributed by atoms with van der Waals surface area (Å²) in [5.74, 6) is -0.190. The largest absolute Gasteiger partial charge is 0.507 e. The standard InChI is InChI=1S/C26H16N2O6/c29-21-9-5-15-7-11-23(31)33-25(15)17(21)13-27-19-3-1-2-4-20(19)28-14-18-22(30)10-6-16-8-12-24(32)34-26(16)18/h1-14,29-30H. The van der Waals surface area contributed by atoms with Gasteiger partial charge < -0.3 is 19.0 Å². The molecule has 0 aliphatic rings. The van der Waals surface area contributed by atoms with E-state index >= 15 is 0 Å². The summed E-state index contributed by atoms with van der Waals surface area (Å²) in [5, 5.41) is 21.9. The Morgan fingerprint density at radius 3 is 1.44 bits per heavy atom. The van der Waals surface area contributed by atoms with Crippen LogP contribution in [-0.4, -0.2) is 22.6 Å². The van der Waals surface area contributed by atoms with Gasteiger partial charge in [-0.1, -0.05) is 12.1 Å². The quantitative estimate of drug-likeness (QED) is 0.298. The minimum absolute atomic E-state index is 0.0951. The van der Waals surface area contributed by atoms with Crippen LogP contribution in [0, 0.1) is 0 Å². The lowest BCUT2D eigenvalue weighted by molar-refractivity contribution is 0.471. The number of rotatable bonds is 4. The highest BCUT2D eigenvalue weighted by Gasteiger charge is 2.10. The van der Waals surface area contributed by atoms with E-state index in [0.29, 0.717) is 22.1 Å². The first kappa shape index (κ1) is 20.9. The molecule has 0 radical (unpaired) electrons. The van der Waals surface area contributed by atoms with Gasteiger partial charge in [0.2, 0.25) is 0 Å². The zero-order valence-electron chi connectivity index (χ0n) is 17.5. The van der Waals surface area contributed by atoms with Crippen molar-refractivity contribution in [1.82, 2.24) is 0 Å². The van der Waals surface area contributed by atoms with Crippen LogP contribution >= 0.6 is 0 Å². The minimum atomic E-state index is -0.542. The Hall–Kier alpha value is -4.98. The molecular weight excluding hydrogens is 436 g/mol. The van der Waals surface area contributed by atoms with Crippen LogP contribution in [0.1, 0.15) is 11.1 Å². The topological polar surface area (TPSA) is 126 Å². The predicted molar refractivity (Wildman–Crippen MR) is 129 cm³/mol. The summed E-state index contributed by atoms with van der Waals surface area (Å²) < 4.78 is 10.5. The van der Waals surface area contributed by atoms with Crippen LogP contribution < -0.4 is 11.3 Å². The second-order valence-corrected chi connectivity index (χ2v) is 7.35. The van der Waals surface area contributed by atoms with Crippen molar-refractivity contribution in [2.75, 3.05) is 0 Å². The van der Waals surface area contributed by atoms with Gasteiger partial charge in [0.25, 0.3) is 0 Å². The van der Waals surface area contributed by atoms with Crippen molar-refractivity contribution in [1.29, 1.82) is 0 Å². The first-order valence-corrected chi connectivity index (χ1v) is 10.2. The number of hydrogen-bond donors (Lipinski definition) is 2. The number of fused-ring (bicyclic) bond motifs is 2. The third-order valence-electron chi connectivity index (χ3n) is 5.16. The summed E-state index contributed by atoms with van der Waals surface area (Å²) in [6.45, 7) is 0. The first-order valence-electron chi connectivity index (χ1n) is 10.2. The van der Waals surface area contributed by atoms with Crippen LogP contribution in [0.4, 0.5) is 11.4 Å². The zero-order chi connectivity index (χ0) is 23.7. The number of phenolic OH excluding ortho intramolecular Hbond substituents is 2. The Kier molecular flexibility index (Phi) is 5.23. The summed E-state index contributed by atoms with van der Waals surface area (Å²) in [6, 6.07) is 19.0. The average molecular weight is 452 g/mol. The maximum Gasteiger partial charge on any atom is 0.336 e. The average Bonchev–Trinajstić information content (AvgIpc) is 2.83. The normalized spacial score (nSPS) is 11.8. The number of para-hydroxylation sites is 2. The van der Waals surface area contributed by atoms with Gasteiger partial charge in [0.1, 0.15) is 11.5 Å². The van der Waals surface area contributed by atoms with Gasteiger partial charge in [-0.15, -0.1) is 0 Å². The molecule has 166 valence electrons. The SMILES string of the molecule is O=c1ccc2ccc(O)c(C=Nc3ccccc3N=Cc3c(O)ccc4ccc(=O)oc34)c2o1. The van der Waals surface area contributed by atoms with Crippen LogP contribution in [0.3, 0.4) is 0 Å². The number of hydrogen-bond acceptors (Lipinski definition) is 8. The van der Waals surface area contributed by atoms with E-state index in [2.05, 4.69) is 9.98 Å². The van der Waals surface area contributed by atoms with Crippen molar-refractivity contribution < 1.29 is 19.0 Å². The van der Waals surface area contributed by atoms with Gasteiger partial charge in [-0.25, -0.2) is 9.59 Å².